The molecule has 0 aliphatic rings. The monoisotopic (exact) mass is 870 g/mol. The number of hydrogen-bond acceptors (Lipinski definition) is 10. The smallest absolute Gasteiger partial charge is 0.305 e. The lowest BCUT2D eigenvalue weighted by atomic mass is 10.2. The summed E-state index contributed by atoms with van der Waals surface area (Å²) < 4.78 is 34.7. The van der Waals surface area contributed by atoms with Crippen molar-refractivity contribution in [2.24, 2.45) is 0 Å². The molecule has 0 saturated heterocycles. The molecule has 0 heterocycles. The molecule has 62 heavy (non-hydrogen) atoms. The number of esters is 2. The minimum atomic E-state index is -0.485. The molecule has 1 N–H and O–H groups in total. The number of carbonyl (C=O) groups excluding carboxylic acids is 2. The van der Waals surface area contributed by atoms with Crippen LogP contribution in [0.1, 0.15) is 195 Å². The summed E-state index contributed by atoms with van der Waals surface area (Å²) in [6, 6.07) is 0. The lowest BCUT2D eigenvalue weighted by Gasteiger charge is -2.21. The second-order valence-electron chi connectivity index (χ2n) is 15.4. The second-order valence-corrected chi connectivity index (χ2v) is 15.4. The Hall–Kier alpha value is -3.06. The van der Waals surface area contributed by atoms with Crippen LogP contribution in [0.3, 0.4) is 0 Å². The van der Waals surface area contributed by atoms with Crippen LogP contribution in [-0.2, 0) is 38.0 Å². The molecule has 0 bridgehead atoms. The van der Waals surface area contributed by atoms with Crippen molar-refractivity contribution >= 4 is 11.9 Å². The number of ether oxygens (including phenoxy) is 6. The van der Waals surface area contributed by atoms with Crippen molar-refractivity contribution in [3.05, 3.63) is 0 Å². The molecule has 0 aliphatic heterocycles. The fourth-order valence-electron chi connectivity index (χ4n) is 5.86. The molecule has 0 spiro atoms. The summed E-state index contributed by atoms with van der Waals surface area (Å²) in [7, 11) is 0. The number of aliphatic hydroxyl groups is 1. The van der Waals surface area contributed by atoms with E-state index in [1.165, 1.54) is 0 Å². The predicted octanol–water partition coefficient (Wildman–Crippen LogP) is 10.3. The average Bonchev–Trinajstić information content (AvgIpc) is 3.27. The first kappa shape index (κ1) is 58.9. The van der Waals surface area contributed by atoms with Crippen LogP contribution in [0.4, 0.5) is 0 Å². The van der Waals surface area contributed by atoms with Gasteiger partial charge in [0.05, 0.1) is 59.1 Å². The minimum absolute atomic E-state index is 0.107. The van der Waals surface area contributed by atoms with Crippen molar-refractivity contribution in [3.63, 3.8) is 0 Å². The van der Waals surface area contributed by atoms with Crippen LogP contribution in [0.2, 0.25) is 0 Å². The van der Waals surface area contributed by atoms with Crippen molar-refractivity contribution in [1.29, 1.82) is 0 Å². The van der Waals surface area contributed by atoms with Crippen LogP contribution in [0, 0.1) is 47.4 Å². The van der Waals surface area contributed by atoms with Gasteiger partial charge in [-0.2, -0.15) is 0 Å². The largest absolute Gasteiger partial charge is 0.466 e. The maximum absolute atomic E-state index is 12.5. The highest BCUT2D eigenvalue weighted by atomic mass is 16.7. The maximum Gasteiger partial charge on any atom is 0.305 e. The highest BCUT2D eigenvalue weighted by molar-refractivity contribution is 5.69. The fraction of sp³-hybridized carbons (Fsp3) is 0.808. The fourth-order valence-corrected chi connectivity index (χ4v) is 5.86. The molecule has 0 unspecified atom stereocenters. The summed E-state index contributed by atoms with van der Waals surface area (Å²) in [6.07, 6.45) is 20.8. The molecule has 10 heteroatoms. The summed E-state index contributed by atoms with van der Waals surface area (Å²) >= 11 is 0. The molecule has 0 fully saturated rings. The first-order valence-corrected chi connectivity index (χ1v) is 24.4. The quantitative estimate of drug-likeness (QED) is 0.0276. The van der Waals surface area contributed by atoms with E-state index in [4.69, 9.17) is 28.4 Å². The Balaban J connectivity index is 4.38. The van der Waals surface area contributed by atoms with Crippen molar-refractivity contribution in [3.8, 4) is 47.4 Å². The summed E-state index contributed by atoms with van der Waals surface area (Å²) in [5.41, 5.74) is 0. The molecule has 0 aromatic rings. The zero-order chi connectivity index (χ0) is 45.2. The third kappa shape index (κ3) is 43.6. The van der Waals surface area contributed by atoms with E-state index in [2.05, 4.69) is 80.0 Å². The summed E-state index contributed by atoms with van der Waals surface area (Å²) in [6.45, 7) is 13.7. The molecule has 0 saturated carbocycles. The van der Waals surface area contributed by atoms with E-state index in [-0.39, 0.29) is 31.4 Å². The molecule has 0 radical (unpaired) electrons. The summed E-state index contributed by atoms with van der Waals surface area (Å²) in [5.74, 6) is 24.8. The van der Waals surface area contributed by atoms with E-state index in [1.807, 2.05) is 0 Å². The summed E-state index contributed by atoms with van der Waals surface area (Å²) in [5, 5.41) is 9.60. The van der Waals surface area contributed by atoms with Gasteiger partial charge < -0.3 is 38.4 Å². The maximum atomic E-state index is 12.5. The Morgan fingerprint density at radius 3 is 1.05 bits per heavy atom. The van der Waals surface area contributed by atoms with Crippen LogP contribution < -0.4 is 0 Å². The predicted molar refractivity (Wildman–Crippen MR) is 251 cm³/mol. The molecule has 0 rings (SSSR count). The molecule has 0 amide bonds. The number of rotatable bonds is 40. The zero-order valence-electron chi connectivity index (χ0n) is 39.8. The van der Waals surface area contributed by atoms with Gasteiger partial charge in [-0.15, -0.1) is 47.4 Å². The molecular formula is C52H87NO9. The Bertz CT molecular complexity index is 1130. The lowest BCUT2D eigenvalue weighted by Crippen LogP contribution is -2.29. The van der Waals surface area contributed by atoms with Gasteiger partial charge in [-0.25, -0.2) is 0 Å². The van der Waals surface area contributed by atoms with Gasteiger partial charge in [0.2, 0.25) is 0 Å². The first-order valence-electron chi connectivity index (χ1n) is 24.4. The zero-order valence-corrected chi connectivity index (χ0v) is 39.8. The minimum Gasteiger partial charge on any atom is -0.466 e. The van der Waals surface area contributed by atoms with E-state index >= 15 is 0 Å². The van der Waals surface area contributed by atoms with Crippen molar-refractivity contribution in [2.45, 2.75) is 207 Å². The third-order valence-electron chi connectivity index (χ3n) is 9.59. The SMILES string of the molecule is CCCCC#CCCOC(CCC(=O)OCCCCCN(CCO)CCCCCOC(=O)CCC(OCCC#CCCCC)OCCC#CCCCC)OCCC#CCCCC. The van der Waals surface area contributed by atoms with Gasteiger partial charge in [0, 0.05) is 70.8 Å². The van der Waals surface area contributed by atoms with Crippen LogP contribution in [0.5, 0.6) is 0 Å². The average molecular weight is 870 g/mol. The third-order valence-corrected chi connectivity index (χ3v) is 9.59. The molecule has 0 atom stereocenters. The lowest BCUT2D eigenvalue weighted by molar-refractivity contribution is -0.157. The Kier molecular flexibility index (Phi) is 46.5. The van der Waals surface area contributed by atoms with Gasteiger partial charge in [0.15, 0.2) is 12.6 Å². The highest BCUT2D eigenvalue weighted by Crippen LogP contribution is 2.11. The standard InChI is InChI=1S/C52H87NO9/c1-5-9-13-17-21-29-45-59-51(60-46-30-22-18-14-10-6-2)37-35-49(55)57-43-33-25-27-39-53(41-42-54)40-28-26-34-44-58-50(56)36-38-52(61-47-31-23-19-15-11-7-3)62-48-32-24-20-16-12-8-4/h51-52,54H,5-16,25-48H2,1-4H3. The van der Waals surface area contributed by atoms with Crippen molar-refractivity contribution < 1.29 is 43.1 Å². The van der Waals surface area contributed by atoms with Crippen LogP contribution in [0.15, 0.2) is 0 Å². The normalized spacial score (nSPS) is 10.7. The van der Waals surface area contributed by atoms with Gasteiger partial charge in [-0.3, -0.25) is 9.59 Å². The number of nitrogens with zero attached hydrogens (tertiary/aromatic N) is 1. The van der Waals surface area contributed by atoms with E-state index in [9.17, 15) is 14.7 Å². The van der Waals surface area contributed by atoms with Crippen molar-refractivity contribution in [1.82, 2.24) is 4.90 Å². The molecular weight excluding hydrogens is 783 g/mol. The van der Waals surface area contributed by atoms with Gasteiger partial charge in [-0.05, 0) is 77.3 Å². The van der Waals surface area contributed by atoms with E-state index < -0.39 is 12.6 Å². The number of hydrogen-bond donors (Lipinski definition) is 1. The number of carbonyl (C=O) groups is 2. The van der Waals surface area contributed by atoms with E-state index in [0.717, 1.165) is 129 Å². The summed E-state index contributed by atoms with van der Waals surface area (Å²) in [4.78, 5) is 27.3. The highest BCUT2D eigenvalue weighted by Gasteiger charge is 2.15. The van der Waals surface area contributed by atoms with Crippen LogP contribution in [0.25, 0.3) is 0 Å². The number of aliphatic hydroxyl groups excluding tert-OH is 1. The topological polar surface area (TPSA) is 113 Å². The Morgan fingerprint density at radius 2 is 0.742 bits per heavy atom. The van der Waals surface area contributed by atoms with E-state index in [0.29, 0.717) is 84.7 Å². The van der Waals surface area contributed by atoms with Crippen LogP contribution >= 0.6 is 0 Å². The van der Waals surface area contributed by atoms with Gasteiger partial charge in [0.1, 0.15) is 0 Å². The molecule has 0 aromatic carbocycles. The molecule has 0 aromatic heterocycles. The molecule has 0 aliphatic carbocycles. The van der Waals surface area contributed by atoms with Gasteiger partial charge in [-0.1, -0.05) is 53.4 Å². The van der Waals surface area contributed by atoms with Gasteiger partial charge >= 0.3 is 11.9 Å². The second kappa shape index (κ2) is 49.0. The van der Waals surface area contributed by atoms with Gasteiger partial charge in [0.25, 0.3) is 0 Å². The Labute approximate surface area is 379 Å². The van der Waals surface area contributed by atoms with Crippen LogP contribution in [-0.4, -0.2) is 100 Å². The Morgan fingerprint density at radius 1 is 0.419 bits per heavy atom. The molecule has 354 valence electrons. The first-order chi connectivity index (χ1) is 30.5. The van der Waals surface area contributed by atoms with Crippen molar-refractivity contribution in [2.75, 3.05) is 65.9 Å². The number of unbranched alkanes of at least 4 members (excludes halogenated alkanes) is 12. The van der Waals surface area contributed by atoms with E-state index in [1.54, 1.807) is 0 Å². The molecule has 10 nitrogen and oxygen atoms in total.